The van der Waals surface area contributed by atoms with Crippen LogP contribution in [0.2, 0.25) is 0 Å². The van der Waals surface area contributed by atoms with Gasteiger partial charge < -0.3 is 9.75 Å². The summed E-state index contributed by atoms with van der Waals surface area (Å²) in [7, 11) is -3.14. The first kappa shape index (κ1) is 27.1. The minimum Gasteiger partial charge on any atom is -0.446 e. The van der Waals surface area contributed by atoms with E-state index >= 15 is 0 Å². The molecule has 1 fully saturated rings. The Hall–Kier alpha value is -2.92. The van der Waals surface area contributed by atoms with Gasteiger partial charge in [0.25, 0.3) is 0 Å². The SMILES string of the molecule is CC(=O)N1c2ncc(C3=C(N(N)C4CCCS(=O)(=O)C4)CCCC=C3)cc2N(C(=O)OC(C)C)C[C@@H]1C. The molecule has 11 heteroatoms. The van der Waals surface area contributed by atoms with Gasteiger partial charge in [0.1, 0.15) is 0 Å². The van der Waals surface area contributed by atoms with E-state index in [2.05, 4.69) is 11.1 Å². The number of hydrazine groups is 1. The van der Waals surface area contributed by atoms with Gasteiger partial charge in [-0.2, -0.15) is 0 Å². The van der Waals surface area contributed by atoms with Crippen LogP contribution in [-0.4, -0.2) is 66.6 Å². The van der Waals surface area contributed by atoms with Crippen molar-refractivity contribution in [2.75, 3.05) is 27.9 Å². The molecule has 1 saturated heterocycles. The van der Waals surface area contributed by atoms with Crippen molar-refractivity contribution >= 4 is 38.9 Å². The zero-order valence-electron chi connectivity index (χ0n) is 22.0. The van der Waals surface area contributed by atoms with Gasteiger partial charge in [-0.15, -0.1) is 0 Å². The Morgan fingerprint density at radius 2 is 2.03 bits per heavy atom. The smallest absolute Gasteiger partial charge is 0.414 e. The number of rotatable bonds is 4. The first-order valence-corrected chi connectivity index (χ1v) is 14.7. The number of nitrogens with two attached hydrogens (primary N) is 1. The molecule has 1 unspecified atom stereocenters. The molecule has 37 heavy (non-hydrogen) atoms. The number of allylic oxidation sites excluding steroid dienone is 4. The summed E-state index contributed by atoms with van der Waals surface area (Å²) >= 11 is 0. The van der Waals surface area contributed by atoms with E-state index in [4.69, 9.17) is 10.6 Å². The number of sulfone groups is 1. The Labute approximate surface area is 219 Å². The summed E-state index contributed by atoms with van der Waals surface area (Å²) in [6.07, 6.45) is 8.68. The third kappa shape index (κ3) is 5.82. The summed E-state index contributed by atoms with van der Waals surface area (Å²) in [5.41, 5.74) is 2.91. The zero-order chi connectivity index (χ0) is 26.9. The number of amides is 2. The van der Waals surface area contributed by atoms with Crippen LogP contribution in [-0.2, 0) is 19.4 Å². The molecule has 0 bridgehead atoms. The summed E-state index contributed by atoms with van der Waals surface area (Å²) in [4.78, 5) is 33.3. The number of hydrogen-bond donors (Lipinski definition) is 1. The Kier molecular flexibility index (Phi) is 7.94. The third-order valence-electron chi connectivity index (χ3n) is 6.98. The molecule has 1 aromatic rings. The van der Waals surface area contributed by atoms with Crippen molar-refractivity contribution in [3.05, 3.63) is 35.7 Å². The predicted molar refractivity (Wildman–Crippen MR) is 143 cm³/mol. The maximum absolute atomic E-state index is 13.0. The predicted octanol–water partition coefficient (Wildman–Crippen LogP) is 3.39. The summed E-state index contributed by atoms with van der Waals surface area (Å²) in [6.45, 7) is 7.20. The van der Waals surface area contributed by atoms with Crippen LogP contribution in [0.15, 0.2) is 30.1 Å². The molecule has 1 aliphatic carbocycles. The fraction of sp³-hybridized carbons (Fsp3) is 0.577. The molecule has 2 N–H and O–H groups in total. The number of anilines is 2. The second kappa shape index (κ2) is 10.8. The van der Waals surface area contributed by atoms with Gasteiger partial charge in [-0.3, -0.25) is 14.6 Å². The molecular formula is C26H37N5O5S. The van der Waals surface area contributed by atoms with Gasteiger partial charge in [-0.05, 0) is 58.9 Å². The number of carbonyl (C=O) groups excluding carboxylic acids is 2. The minimum atomic E-state index is -3.14. The second-order valence-corrected chi connectivity index (χ2v) is 12.5. The van der Waals surface area contributed by atoms with Crippen molar-refractivity contribution in [2.45, 2.75) is 78.0 Å². The molecule has 2 aliphatic heterocycles. The molecule has 0 saturated carbocycles. The van der Waals surface area contributed by atoms with E-state index in [9.17, 15) is 18.0 Å². The minimum absolute atomic E-state index is 0.0344. The molecule has 10 nitrogen and oxygen atoms in total. The lowest BCUT2D eigenvalue weighted by atomic mass is 10.0. The van der Waals surface area contributed by atoms with Gasteiger partial charge in [0, 0.05) is 30.0 Å². The highest BCUT2D eigenvalue weighted by Gasteiger charge is 2.36. The molecule has 0 spiro atoms. The van der Waals surface area contributed by atoms with Crippen LogP contribution < -0.4 is 15.6 Å². The standard InChI is InChI=1S/C26H37N5O5S/c1-17(2)36-26(33)29-15-18(3)30(19(4)32)25-24(29)13-20(14-28-25)22-10-6-5-7-11-23(22)31(27)21-9-8-12-37(34,35)16-21/h6,10,13-14,17-18,21H,5,7-9,11-12,15-16,27H2,1-4H3/t18-,21?/m0/s1. The van der Waals surface area contributed by atoms with E-state index < -0.39 is 15.9 Å². The van der Waals surface area contributed by atoms with Crippen molar-refractivity contribution in [3.8, 4) is 0 Å². The number of aromatic nitrogens is 1. The number of nitrogens with zero attached hydrogens (tertiary/aromatic N) is 4. The zero-order valence-corrected chi connectivity index (χ0v) is 22.8. The van der Waals surface area contributed by atoms with Crippen LogP contribution in [0.1, 0.15) is 65.4 Å². The molecule has 0 aromatic carbocycles. The lowest BCUT2D eigenvalue weighted by Crippen LogP contribution is -2.52. The Balaban J connectivity index is 1.81. The number of carbonyl (C=O) groups is 2. The summed E-state index contributed by atoms with van der Waals surface area (Å²) < 4.78 is 30.1. The van der Waals surface area contributed by atoms with Gasteiger partial charge in [0.05, 0.1) is 41.9 Å². The highest BCUT2D eigenvalue weighted by Crippen LogP contribution is 2.38. The molecule has 3 heterocycles. The average molecular weight is 532 g/mol. The quantitative estimate of drug-likeness (QED) is 0.463. The van der Waals surface area contributed by atoms with E-state index in [1.54, 1.807) is 30.0 Å². The largest absolute Gasteiger partial charge is 0.446 e. The van der Waals surface area contributed by atoms with Crippen molar-refractivity contribution < 1.29 is 22.7 Å². The lowest BCUT2D eigenvalue weighted by molar-refractivity contribution is -0.117. The molecule has 1 aromatic heterocycles. The summed E-state index contributed by atoms with van der Waals surface area (Å²) in [5, 5.41) is 1.63. The number of hydrogen-bond acceptors (Lipinski definition) is 8. The normalized spacial score (nSPS) is 23.5. The molecule has 202 valence electrons. The van der Waals surface area contributed by atoms with Crippen LogP contribution >= 0.6 is 0 Å². The van der Waals surface area contributed by atoms with Crippen LogP contribution in [0.25, 0.3) is 5.57 Å². The van der Waals surface area contributed by atoms with Gasteiger partial charge in [-0.25, -0.2) is 24.0 Å². The van der Waals surface area contributed by atoms with E-state index in [0.717, 1.165) is 29.7 Å². The van der Waals surface area contributed by atoms with Crippen molar-refractivity contribution in [1.82, 2.24) is 9.99 Å². The van der Waals surface area contributed by atoms with E-state index in [1.807, 2.05) is 19.1 Å². The first-order chi connectivity index (χ1) is 17.5. The lowest BCUT2D eigenvalue weighted by Gasteiger charge is -2.39. The number of ether oxygens (including phenoxy) is 1. The van der Waals surface area contributed by atoms with Crippen LogP contribution in [0, 0.1) is 0 Å². The van der Waals surface area contributed by atoms with Crippen molar-refractivity contribution in [1.29, 1.82) is 0 Å². The van der Waals surface area contributed by atoms with E-state index in [0.29, 0.717) is 30.8 Å². The number of fused-ring (bicyclic) bond motifs is 1. The Bertz CT molecular complexity index is 1230. The molecule has 4 rings (SSSR count). The average Bonchev–Trinajstić information content (AvgIpc) is 3.07. The van der Waals surface area contributed by atoms with Crippen LogP contribution in [0.3, 0.4) is 0 Å². The van der Waals surface area contributed by atoms with Gasteiger partial charge >= 0.3 is 6.09 Å². The molecule has 2 atom stereocenters. The molecule has 2 amide bonds. The Morgan fingerprint density at radius 1 is 1.27 bits per heavy atom. The van der Waals surface area contributed by atoms with E-state index in [-0.39, 0.29) is 42.1 Å². The summed E-state index contributed by atoms with van der Waals surface area (Å²) in [5.74, 6) is 7.08. The third-order valence-corrected chi connectivity index (χ3v) is 8.79. The van der Waals surface area contributed by atoms with Crippen molar-refractivity contribution in [3.63, 3.8) is 0 Å². The van der Waals surface area contributed by atoms with Crippen LogP contribution in [0.4, 0.5) is 16.3 Å². The molecule has 3 aliphatic rings. The number of pyridine rings is 1. The van der Waals surface area contributed by atoms with Gasteiger partial charge in [0.15, 0.2) is 15.7 Å². The van der Waals surface area contributed by atoms with Gasteiger partial charge in [-0.1, -0.05) is 12.2 Å². The molecule has 0 radical (unpaired) electrons. The van der Waals surface area contributed by atoms with Crippen LogP contribution in [0.5, 0.6) is 0 Å². The van der Waals surface area contributed by atoms with E-state index in [1.165, 1.54) is 11.8 Å². The highest BCUT2D eigenvalue weighted by atomic mass is 32.2. The van der Waals surface area contributed by atoms with Gasteiger partial charge in [0.2, 0.25) is 5.91 Å². The summed E-state index contributed by atoms with van der Waals surface area (Å²) in [6, 6.07) is 1.28. The monoisotopic (exact) mass is 531 g/mol. The Morgan fingerprint density at radius 3 is 2.70 bits per heavy atom. The highest BCUT2D eigenvalue weighted by molar-refractivity contribution is 7.91. The first-order valence-electron chi connectivity index (χ1n) is 12.9. The second-order valence-electron chi connectivity index (χ2n) is 10.3. The fourth-order valence-corrected chi connectivity index (χ4v) is 7.00. The topological polar surface area (TPSA) is 126 Å². The maximum Gasteiger partial charge on any atom is 0.414 e. The maximum atomic E-state index is 13.0. The molecular weight excluding hydrogens is 494 g/mol. The fourth-order valence-electron chi connectivity index (χ4n) is 5.32. The van der Waals surface area contributed by atoms with Crippen molar-refractivity contribution in [2.24, 2.45) is 5.84 Å².